The number of nitrogens with one attached hydrogen (secondary N) is 2. The number of carbonyl (C=O) groups excluding carboxylic acids is 2. The van der Waals surface area contributed by atoms with Crippen molar-refractivity contribution in [1.82, 2.24) is 19.8 Å². The van der Waals surface area contributed by atoms with Gasteiger partial charge in [-0.3, -0.25) is 9.47 Å². The van der Waals surface area contributed by atoms with E-state index >= 15 is 0 Å². The minimum Gasteiger partial charge on any atom is -0.336 e. The number of fused-ring (bicyclic) bond motifs is 1. The Kier molecular flexibility index (Phi) is 5.63. The summed E-state index contributed by atoms with van der Waals surface area (Å²) in [6, 6.07) is 23.0. The number of nitrogens with zero attached hydrogens (tertiary/aromatic N) is 4. The molecule has 1 aromatic heterocycles. The number of hydrogen-bond donors (Lipinski definition) is 2. The second-order valence-corrected chi connectivity index (χ2v) is 8.35. The lowest BCUT2D eigenvalue weighted by Gasteiger charge is -2.26. The van der Waals surface area contributed by atoms with Gasteiger partial charge in [0.1, 0.15) is 6.33 Å². The smallest absolute Gasteiger partial charge is 0.322 e. The van der Waals surface area contributed by atoms with Crippen LogP contribution in [0.1, 0.15) is 18.5 Å². The van der Waals surface area contributed by atoms with Crippen molar-refractivity contribution in [3.8, 4) is 5.69 Å². The molecule has 0 bridgehead atoms. The van der Waals surface area contributed by atoms with Crippen LogP contribution >= 0.6 is 0 Å². The molecule has 1 aliphatic heterocycles. The van der Waals surface area contributed by atoms with E-state index in [1.807, 2.05) is 90.6 Å². The molecule has 4 aromatic rings. The predicted octanol–water partition coefficient (Wildman–Crippen LogP) is 4.78. The summed E-state index contributed by atoms with van der Waals surface area (Å²) in [7, 11) is 1.77. The quantitative estimate of drug-likeness (QED) is 0.455. The van der Waals surface area contributed by atoms with Gasteiger partial charge in [-0.05, 0) is 55.0 Å². The van der Waals surface area contributed by atoms with Crippen molar-refractivity contribution in [2.45, 2.75) is 13.0 Å². The number of hydrogen-bond acceptors (Lipinski definition) is 3. The molecule has 2 heterocycles. The maximum atomic E-state index is 12.9. The van der Waals surface area contributed by atoms with Gasteiger partial charge < -0.3 is 15.5 Å². The summed E-state index contributed by atoms with van der Waals surface area (Å²) >= 11 is 0. The van der Waals surface area contributed by atoms with Gasteiger partial charge in [0.15, 0.2) is 0 Å². The number of aromatic nitrogens is 2. The summed E-state index contributed by atoms with van der Waals surface area (Å²) in [6.45, 7) is 3.22. The van der Waals surface area contributed by atoms with Gasteiger partial charge in [-0.1, -0.05) is 30.3 Å². The van der Waals surface area contributed by atoms with Crippen molar-refractivity contribution >= 4 is 34.5 Å². The van der Waals surface area contributed by atoms with Crippen molar-refractivity contribution in [1.29, 1.82) is 0 Å². The molecule has 8 heteroatoms. The van der Waals surface area contributed by atoms with Crippen LogP contribution in [-0.2, 0) is 0 Å². The van der Waals surface area contributed by atoms with Crippen LogP contribution in [0.3, 0.4) is 0 Å². The number of anilines is 2. The first-order chi connectivity index (χ1) is 16.5. The van der Waals surface area contributed by atoms with Crippen molar-refractivity contribution in [2.24, 2.45) is 0 Å². The highest BCUT2D eigenvalue weighted by Crippen LogP contribution is 2.25. The Morgan fingerprint density at radius 3 is 2.62 bits per heavy atom. The molecule has 0 saturated carbocycles. The van der Waals surface area contributed by atoms with E-state index in [1.54, 1.807) is 16.8 Å². The summed E-state index contributed by atoms with van der Waals surface area (Å²) in [5, 5.41) is 5.73. The highest BCUT2D eigenvalue weighted by molar-refractivity contribution is 5.95. The van der Waals surface area contributed by atoms with Gasteiger partial charge in [-0.15, -0.1) is 0 Å². The molecule has 1 saturated heterocycles. The second-order valence-electron chi connectivity index (χ2n) is 8.35. The molecule has 0 aliphatic carbocycles. The van der Waals surface area contributed by atoms with Crippen LogP contribution in [0.5, 0.6) is 0 Å². The van der Waals surface area contributed by atoms with E-state index in [-0.39, 0.29) is 18.1 Å². The summed E-state index contributed by atoms with van der Waals surface area (Å²) in [6.07, 6.45) is 1.82. The van der Waals surface area contributed by atoms with E-state index in [4.69, 9.17) is 0 Å². The van der Waals surface area contributed by atoms with Crippen LogP contribution in [0.25, 0.3) is 16.7 Å². The van der Waals surface area contributed by atoms with Crippen molar-refractivity contribution < 1.29 is 9.59 Å². The fourth-order valence-corrected chi connectivity index (χ4v) is 4.16. The molecule has 5 rings (SSSR count). The fourth-order valence-electron chi connectivity index (χ4n) is 4.16. The molecular formula is C26H26N6O2. The van der Waals surface area contributed by atoms with Gasteiger partial charge in [0.2, 0.25) is 0 Å². The molecule has 4 amide bonds. The Hall–Kier alpha value is -4.33. The van der Waals surface area contributed by atoms with Crippen LogP contribution in [0.4, 0.5) is 21.0 Å². The Morgan fingerprint density at radius 2 is 1.85 bits per heavy atom. The van der Waals surface area contributed by atoms with Crippen LogP contribution in [0.15, 0.2) is 79.1 Å². The molecule has 1 aliphatic rings. The summed E-state index contributed by atoms with van der Waals surface area (Å²) < 4.78 is 2.05. The van der Waals surface area contributed by atoms with Gasteiger partial charge >= 0.3 is 12.1 Å². The molecule has 8 nitrogen and oxygen atoms in total. The number of amides is 4. The van der Waals surface area contributed by atoms with Crippen LogP contribution < -0.4 is 15.5 Å². The maximum Gasteiger partial charge on any atom is 0.322 e. The van der Waals surface area contributed by atoms with E-state index in [1.165, 1.54) is 0 Å². The molecule has 1 fully saturated rings. The topological polar surface area (TPSA) is 82.5 Å². The predicted molar refractivity (Wildman–Crippen MR) is 133 cm³/mol. The summed E-state index contributed by atoms with van der Waals surface area (Å²) in [4.78, 5) is 32.7. The highest BCUT2D eigenvalue weighted by Gasteiger charge is 2.22. The molecule has 3 aromatic carbocycles. The maximum absolute atomic E-state index is 12.9. The normalized spacial score (nSPS) is 14.2. The van der Waals surface area contributed by atoms with E-state index in [0.29, 0.717) is 18.8 Å². The van der Waals surface area contributed by atoms with E-state index in [2.05, 4.69) is 15.6 Å². The minimum absolute atomic E-state index is 0.124. The lowest BCUT2D eigenvalue weighted by Crippen LogP contribution is -2.33. The third kappa shape index (κ3) is 4.05. The molecule has 0 spiro atoms. The Bertz CT molecular complexity index is 1350. The van der Waals surface area contributed by atoms with Crippen molar-refractivity contribution in [3.63, 3.8) is 0 Å². The lowest BCUT2D eigenvalue weighted by molar-refractivity contribution is 0.208. The zero-order chi connectivity index (χ0) is 23.7. The summed E-state index contributed by atoms with van der Waals surface area (Å²) in [5.41, 5.74) is 5.43. The van der Waals surface area contributed by atoms with E-state index in [0.717, 1.165) is 28.0 Å². The van der Waals surface area contributed by atoms with Gasteiger partial charge in [-0.2, -0.15) is 0 Å². The Balaban J connectivity index is 1.28. The van der Waals surface area contributed by atoms with Gasteiger partial charge in [0.25, 0.3) is 0 Å². The molecular weight excluding hydrogens is 428 g/mol. The zero-order valence-electron chi connectivity index (χ0n) is 19.1. The lowest BCUT2D eigenvalue weighted by atomic mass is 10.1. The third-order valence-electron chi connectivity index (χ3n) is 6.27. The molecule has 1 unspecified atom stereocenters. The molecule has 172 valence electrons. The van der Waals surface area contributed by atoms with Crippen molar-refractivity contribution in [2.75, 3.05) is 30.4 Å². The van der Waals surface area contributed by atoms with Gasteiger partial charge in [0.05, 0.1) is 17.1 Å². The van der Waals surface area contributed by atoms with Crippen LogP contribution in [-0.4, -0.2) is 46.7 Å². The van der Waals surface area contributed by atoms with Crippen LogP contribution in [0.2, 0.25) is 0 Å². The second kappa shape index (κ2) is 8.90. The Labute approximate surface area is 197 Å². The van der Waals surface area contributed by atoms with Gasteiger partial charge in [0, 0.05) is 37.2 Å². The Morgan fingerprint density at radius 1 is 1.06 bits per heavy atom. The number of para-hydroxylation sites is 2. The number of imidazole rings is 1. The standard InChI is InChI=1S/C26H26N6O2/c1-18(19-10-12-21(13-11-19)32-17-28-23-8-3-4-9-24(23)32)30(2)26(34)29-20-6-5-7-22(16-20)31-15-14-27-25(31)33/h3-13,16-18H,14-15H2,1-2H3,(H,27,33)(H,29,34). The van der Waals surface area contributed by atoms with Crippen molar-refractivity contribution in [3.05, 3.63) is 84.7 Å². The molecule has 2 N–H and O–H groups in total. The number of rotatable bonds is 5. The molecule has 34 heavy (non-hydrogen) atoms. The van der Waals surface area contributed by atoms with E-state index < -0.39 is 0 Å². The largest absolute Gasteiger partial charge is 0.336 e. The summed E-state index contributed by atoms with van der Waals surface area (Å²) in [5.74, 6) is 0. The highest BCUT2D eigenvalue weighted by atomic mass is 16.2. The molecule has 1 atom stereocenters. The zero-order valence-corrected chi connectivity index (χ0v) is 19.1. The first-order valence-electron chi connectivity index (χ1n) is 11.2. The minimum atomic E-state index is -0.222. The first-order valence-corrected chi connectivity index (χ1v) is 11.2. The SMILES string of the molecule is CC(c1ccc(-n2cnc3ccccc32)cc1)N(C)C(=O)Nc1cccc(N2CCNC2=O)c1. The first kappa shape index (κ1) is 21.5. The number of benzene rings is 3. The monoisotopic (exact) mass is 454 g/mol. The molecule has 0 radical (unpaired) electrons. The number of carbonyl (C=O) groups is 2. The average Bonchev–Trinajstić information content (AvgIpc) is 3.49. The third-order valence-corrected chi connectivity index (χ3v) is 6.27. The van der Waals surface area contributed by atoms with Crippen LogP contribution in [0, 0.1) is 0 Å². The average molecular weight is 455 g/mol. The van der Waals surface area contributed by atoms with E-state index in [9.17, 15) is 9.59 Å². The number of urea groups is 2. The fraction of sp³-hybridized carbons (Fsp3) is 0.192. The van der Waals surface area contributed by atoms with Gasteiger partial charge in [-0.25, -0.2) is 14.6 Å².